The lowest BCUT2D eigenvalue weighted by Crippen LogP contribution is -2.53. The number of hydrogen-bond donors (Lipinski definition) is 1. The van der Waals surface area contributed by atoms with Gasteiger partial charge in [0, 0.05) is 38.1 Å². The lowest BCUT2D eigenvalue weighted by molar-refractivity contribution is -0.144. The second-order valence-corrected chi connectivity index (χ2v) is 7.70. The van der Waals surface area contributed by atoms with Gasteiger partial charge in [0.05, 0.1) is 12.2 Å². The van der Waals surface area contributed by atoms with E-state index < -0.39 is 5.41 Å². The smallest absolute Gasteiger partial charge is 0.238 e. The number of benzene rings is 1. The first kappa shape index (κ1) is 18.5. The first-order valence-electron chi connectivity index (χ1n) is 9.88. The third-order valence-electron chi connectivity index (χ3n) is 5.68. The number of nitrogens with one attached hydrogen (secondary N) is 1. The fourth-order valence-electron chi connectivity index (χ4n) is 3.80. The first-order chi connectivity index (χ1) is 13.6. The van der Waals surface area contributed by atoms with E-state index in [9.17, 15) is 9.59 Å². The Morgan fingerprint density at radius 1 is 1.07 bits per heavy atom. The van der Waals surface area contributed by atoms with Gasteiger partial charge in [0.2, 0.25) is 11.8 Å². The molecular formula is C22H26N4O2. The second kappa shape index (κ2) is 7.62. The molecule has 1 saturated heterocycles. The molecule has 1 aliphatic heterocycles. The summed E-state index contributed by atoms with van der Waals surface area (Å²) >= 11 is 0. The SMILES string of the molecule is Cc1cccc(N2CCN(C(=O)C3(C(=O)NCc4ccccn4)CC3)CC2)c1. The van der Waals surface area contributed by atoms with Gasteiger partial charge in [-0.2, -0.15) is 0 Å². The van der Waals surface area contributed by atoms with Gasteiger partial charge in [-0.05, 0) is 49.6 Å². The van der Waals surface area contributed by atoms with Crippen LogP contribution in [-0.4, -0.2) is 47.9 Å². The van der Waals surface area contributed by atoms with Crippen molar-refractivity contribution >= 4 is 17.5 Å². The number of hydrogen-bond acceptors (Lipinski definition) is 4. The van der Waals surface area contributed by atoms with Crippen LogP contribution in [0, 0.1) is 12.3 Å². The van der Waals surface area contributed by atoms with Crippen LogP contribution < -0.4 is 10.2 Å². The lowest BCUT2D eigenvalue weighted by atomic mass is 10.0. The third kappa shape index (κ3) is 3.72. The Morgan fingerprint density at radius 2 is 1.86 bits per heavy atom. The predicted octanol–water partition coefficient (Wildman–Crippen LogP) is 2.14. The summed E-state index contributed by atoms with van der Waals surface area (Å²) in [6.45, 7) is 5.34. The Balaban J connectivity index is 1.33. The van der Waals surface area contributed by atoms with Crippen LogP contribution in [0.1, 0.15) is 24.1 Å². The topological polar surface area (TPSA) is 65.5 Å². The number of rotatable bonds is 5. The molecule has 146 valence electrons. The number of amides is 2. The summed E-state index contributed by atoms with van der Waals surface area (Å²) in [5.74, 6) is -0.181. The molecule has 2 amide bonds. The van der Waals surface area contributed by atoms with Gasteiger partial charge < -0.3 is 15.1 Å². The maximum absolute atomic E-state index is 13.1. The lowest BCUT2D eigenvalue weighted by Gasteiger charge is -2.37. The fraction of sp³-hybridized carbons (Fsp3) is 0.409. The standard InChI is InChI=1S/C22H26N4O2/c1-17-5-4-7-19(15-17)25-11-13-26(14-12-25)21(28)22(8-9-22)20(27)24-16-18-6-2-3-10-23-18/h2-7,10,15H,8-9,11-14,16H2,1H3,(H,24,27). The van der Waals surface area contributed by atoms with Gasteiger partial charge in [-0.15, -0.1) is 0 Å². The Morgan fingerprint density at radius 3 is 2.50 bits per heavy atom. The molecule has 6 nitrogen and oxygen atoms in total. The van der Waals surface area contributed by atoms with Gasteiger partial charge in [-0.1, -0.05) is 18.2 Å². The molecule has 1 aromatic carbocycles. The summed E-state index contributed by atoms with van der Waals surface area (Å²) in [5.41, 5.74) is 2.37. The van der Waals surface area contributed by atoms with Crippen molar-refractivity contribution < 1.29 is 9.59 Å². The van der Waals surface area contributed by atoms with Crippen LogP contribution in [-0.2, 0) is 16.1 Å². The van der Waals surface area contributed by atoms with Crippen molar-refractivity contribution in [1.29, 1.82) is 0 Å². The van der Waals surface area contributed by atoms with E-state index in [1.807, 2.05) is 23.1 Å². The fourth-order valence-corrected chi connectivity index (χ4v) is 3.80. The molecule has 2 fully saturated rings. The zero-order valence-corrected chi connectivity index (χ0v) is 16.2. The predicted molar refractivity (Wildman–Crippen MR) is 108 cm³/mol. The van der Waals surface area contributed by atoms with Crippen LogP contribution in [0.15, 0.2) is 48.7 Å². The highest BCUT2D eigenvalue weighted by Crippen LogP contribution is 2.47. The second-order valence-electron chi connectivity index (χ2n) is 7.70. The number of piperazine rings is 1. The Labute approximate surface area is 165 Å². The van der Waals surface area contributed by atoms with E-state index in [0.717, 1.165) is 18.8 Å². The highest BCUT2D eigenvalue weighted by Gasteiger charge is 2.58. The van der Waals surface area contributed by atoms with Crippen molar-refractivity contribution in [2.45, 2.75) is 26.3 Å². The summed E-state index contributed by atoms with van der Waals surface area (Å²) in [5, 5.41) is 2.90. The molecule has 1 saturated carbocycles. The van der Waals surface area contributed by atoms with Crippen molar-refractivity contribution in [3.63, 3.8) is 0 Å². The quantitative estimate of drug-likeness (QED) is 0.810. The average molecular weight is 378 g/mol. The van der Waals surface area contributed by atoms with Crippen LogP contribution >= 0.6 is 0 Å². The van der Waals surface area contributed by atoms with Crippen molar-refractivity contribution in [2.24, 2.45) is 5.41 Å². The van der Waals surface area contributed by atoms with Crippen molar-refractivity contribution in [1.82, 2.24) is 15.2 Å². The minimum Gasteiger partial charge on any atom is -0.368 e. The Bertz CT molecular complexity index is 856. The third-order valence-corrected chi connectivity index (χ3v) is 5.68. The van der Waals surface area contributed by atoms with Gasteiger partial charge in [0.1, 0.15) is 5.41 Å². The first-order valence-corrected chi connectivity index (χ1v) is 9.88. The molecule has 1 aliphatic carbocycles. The number of pyridine rings is 1. The monoisotopic (exact) mass is 378 g/mol. The average Bonchev–Trinajstić information content (AvgIpc) is 3.54. The molecule has 0 atom stereocenters. The van der Waals surface area contributed by atoms with E-state index in [2.05, 4.69) is 46.4 Å². The maximum Gasteiger partial charge on any atom is 0.238 e. The van der Waals surface area contributed by atoms with Crippen LogP contribution in [0.3, 0.4) is 0 Å². The van der Waals surface area contributed by atoms with Gasteiger partial charge in [0.25, 0.3) is 0 Å². The van der Waals surface area contributed by atoms with E-state index >= 15 is 0 Å². The van der Waals surface area contributed by atoms with Crippen LogP contribution in [0.25, 0.3) is 0 Å². The van der Waals surface area contributed by atoms with E-state index in [1.165, 1.54) is 11.3 Å². The van der Waals surface area contributed by atoms with Gasteiger partial charge >= 0.3 is 0 Å². The molecule has 4 rings (SSSR count). The minimum atomic E-state index is -0.861. The summed E-state index contributed by atoms with van der Waals surface area (Å²) in [6, 6.07) is 14.0. The largest absolute Gasteiger partial charge is 0.368 e. The zero-order valence-electron chi connectivity index (χ0n) is 16.2. The van der Waals surface area contributed by atoms with E-state index in [-0.39, 0.29) is 11.8 Å². The highest BCUT2D eigenvalue weighted by atomic mass is 16.2. The van der Waals surface area contributed by atoms with Crippen molar-refractivity contribution in [3.05, 3.63) is 59.9 Å². The number of anilines is 1. The molecule has 2 aromatic rings. The van der Waals surface area contributed by atoms with Gasteiger partial charge in [-0.3, -0.25) is 14.6 Å². The maximum atomic E-state index is 13.1. The summed E-state index contributed by atoms with van der Waals surface area (Å²) in [7, 11) is 0. The molecule has 0 spiro atoms. The Hall–Kier alpha value is -2.89. The molecule has 0 bridgehead atoms. The summed E-state index contributed by atoms with van der Waals surface area (Å²) in [6.07, 6.45) is 2.98. The molecule has 0 radical (unpaired) electrons. The molecule has 0 unspecified atom stereocenters. The Kier molecular flexibility index (Phi) is 5.03. The van der Waals surface area contributed by atoms with Crippen LogP contribution in [0.2, 0.25) is 0 Å². The van der Waals surface area contributed by atoms with E-state index in [0.29, 0.717) is 32.5 Å². The van der Waals surface area contributed by atoms with Crippen molar-refractivity contribution in [3.8, 4) is 0 Å². The van der Waals surface area contributed by atoms with Crippen LogP contribution in [0.4, 0.5) is 5.69 Å². The molecule has 28 heavy (non-hydrogen) atoms. The van der Waals surface area contributed by atoms with Gasteiger partial charge in [0.15, 0.2) is 0 Å². The molecule has 1 N–H and O–H groups in total. The summed E-state index contributed by atoms with van der Waals surface area (Å²) in [4.78, 5) is 34.2. The normalized spacial score (nSPS) is 17.9. The van der Waals surface area contributed by atoms with E-state index in [1.54, 1.807) is 6.20 Å². The number of nitrogens with zero attached hydrogens (tertiary/aromatic N) is 3. The zero-order chi connectivity index (χ0) is 19.6. The number of carbonyl (C=O) groups is 2. The molecule has 2 heterocycles. The minimum absolute atomic E-state index is 0.0186. The molecule has 1 aromatic heterocycles. The molecular weight excluding hydrogens is 352 g/mol. The highest BCUT2D eigenvalue weighted by molar-refractivity contribution is 6.07. The van der Waals surface area contributed by atoms with Crippen LogP contribution in [0.5, 0.6) is 0 Å². The molecule has 6 heteroatoms. The summed E-state index contributed by atoms with van der Waals surface area (Å²) < 4.78 is 0. The van der Waals surface area contributed by atoms with Gasteiger partial charge in [-0.25, -0.2) is 0 Å². The molecule has 2 aliphatic rings. The van der Waals surface area contributed by atoms with Crippen molar-refractivity contribution in [2.75, 3.05) is 31.1 Å². The van der Waals surface area contributed by atoms with E-state index in [4.69, 9.17) is 0 Å². The number of aromatic nitrogens is 1. The number of aryl methyl sites for hydroxylation is 1. The number of carbonyl (C=O) groups excluding carboxylic acids is 2.